The van der Waals surface area contributed by atoms with Crippen LogP contribution in [0.2, 0.25) is 0 Å². The van der Waals surface area contributed by atoms with Crippen molar-refractivity contribution in [2.45, 2.75) is 33.2 Å². The maximum Gasteiger partial charge on any atom is 0.339 e. The fourth-order valence-electron chi connectivity index (χ4n) is 3.12. The third kappa shape index (κ3) is 3.75. The first kappa shape index (κ1) is 18.4. The van der Waals surface area contributed by atoms with Gasteiger partial charge in [0.1, 0.15) is 11.3 Å². The number of hydrogen-bond acceptors (Lipinski definition) is 6. The van der Waals surface area contributed by atoms with Crippen molar-refractivity contribution >= 4 is 26.7 Å². The van der Waals surface area contributed by atoms with Crippen LogP contribution in [-0.4, -0.2) is 38.5 Å². The summed E-state index contributed by atoms with van der Waals surface area (Å²) >= 11 is 0. The van der Waals surface area contributed by atoms with Gasteiger partial charge in [-0.1, -0.05) is 0 Å². The zero-order valence-corrected chi connectivity index (χ0v) is 15.7. The average Bonchev–Trinajstić information content (AvgIpc) is 2.88. The summed E-state index contributed by atoms with van der Waals surface area (Å²) in [6, 6.07) is 3.16. The summed E-state index contributed by atoms with van der Waals surface area (Å²) in [7, 11) is -3.05. The zero-order valence-electron chi connectivity index (χ0n) is 14.9. The Bertz CT molecular complexity index is 1040. The first-order chi connectivity index (χ1) is 12.2. The van der Waals surface area contributed by atoms with E-state index in [1.165, 1.54) is 0 Å². The number of benzene rings is 1. The smallest absolute Gasteiger partial charge is 0.339 e. The van der Waals surface area contributed by atoms with E-state index >= 15 is 0 Å². The average molecular weight is 379 g/mol. The second-order valence-electron chi connectivity index (χ2n) is 6.73. The van der Waals surface area contributed by atoms with E-state index in [0.29, 0.717) is 28.7 Å². The molecule has 0 aliphatic carbocycles. The van der Waals surface area contributed by atoms with Gasteiger partial charge in [-0.25, -0.2) is 13.2 Å². The number of fused-ring (bicyclic) bond motifs is 1. The van der Waals surface area contributed by atoms with Crippen LogP contribution in [0.3, 0.4) is 0 Å². The van der Waals surface area contributed by atoms with Crippen LogP contribution in [0.15, 0.2) is 21.3 Å². The normalized spacial score (nSPS) is 18.8. The lowest BCUT2D eigenvalue weighted by Gasteiger charge is -2.14. The van der Waals surface area contributed by atoms with E-state index in [0.717, 1.165) is 11.1 Å². The number of nitrogens with one attached hydrogen (secondary N) is 1. The lowest BCUT2D eigenvalue weighted by molar-refractivity contribution is -0.123. The lowest BCUT2D eigenvalue weighted by atomic mass is 10.0. The molecule has 26 heavy (non-hydrogen) atoms. The SMILES string of the molecule is Cc1cc(OCC(=O)N[C@H]2CCS(=O)(=O)C2)c2c(C)c(C)c(=O)oc2c1. The van der Waals surface area contributed by atoms with E-state index in [-0.39, 0.29) is 30.1 Å². The standard InChI is InChI=1S/C18H21NO6S/c1-10-6-14(17-11(2)12(3)18(21)25-15(17)7-10)24-8-16(20)19-13-4-5-26(22,23)9-13/h6-7,13H,4-5,8-9H2,1-3H3,(H,19,20)/t13-/m0/s1. The van der Waals surface area contributed by atoms with Crippen LogP contribution in [-0.2, 0) is 14.6 Å². The van der Waals surface area contributed by atoms with Gasteiger partial charge in [0.15, 0.2) is 16.4 Å². The molecule has 1 fully saturated rings. The third-order valence-electron chi connectivity index (χ3n) is 4.61. The molecule has 1 saturated heterocycles. The highest BCUT2D eigenvalue weighted by molar-refractivity contribution is 7.91. The summed E-state index contributed by atoms with van der Waals surface area (Å²) in [5.74, 6) is 0.140. The Hall–Kier alpha value is -2.35. The monoisotopic (exact) mass is 379 g/mol. The summed E-state index contributed by atoms with van der Waals surface area (Å²) in [4.78, 5) is 24.0. The maximum absolute atomic E-state index is 12.1. The fourth-order valence-corrected chi connectivity index (χ4v) is 4.80. The molecule has 1 atom stereocenters. The predicted molar refractivity (Wildman–Crippen MR) is 97.4 cm³/mol. The molecule has 0 spiro atoms. The van der Waals surface area contributed by atoms with E-state index in [4.69, 9.17) is 9.15 Å². The highest BCUT2D eigenvalue weighted by atomic mass is 32.2. The molecule has 1 N–H and O–H groups in total. The Morgan fingerprint density at radius 1 is 1.27 bits per heavy atom. The Morgan fingerprint density at radius 3 is 2.65 bits per heavy atom. The number of amides is 1. The van der Waals surface area contributed by atoms with E-state index in [1.54, 1.807) is 26.0 Å². The van der Waals surface area contributed by atoms with Crippen molar-refractivity contribution in [3.05, 3.63) is 39.2 Å². The number of rotatable bonds is 4. The van der Waals surface area contributed by atoms with E-state index in [9.17, 15) is 18.0 Å². The number of carbonyl (C=O) groups is 1. The van der Waals surface area contributed by atoms with Gasteiger partial charge in [0, 0.05) is 11.6 Å². The van der Waals surface area contributed by atoms with Gasteiger partial charge in [-0.15, -0.1) is 0 Å². The van der Waals surface area contributed by atoms with Gasteiger partial charge in [0.2, 0.25) is 0 Å². The molecule has 7 nitrogen and oxygen atoms in total. The molecule has 2 heterocycles. The van der Waals surface area contributed by atoms with Crippen LogP contribution in [0.5, 0.6) is 5.75 Å². The first-order valence-electron chi connectivity index (χ1n) is 8.33. The minimum absolute atomic E-state index is 0.0322. The maximum atomic E-state index is 12.1. The van der Waals surface area contributed by atoms with Crippen LogP contribution < -0.4 is 15.7 Å². The molecule has 3 rings (SSSR count). The molecule has 140 valence electrons. The molecule has 1 aromatic heterocycles. The first-order valence-corrected chi connectivity index (χ1v) is 10.2. The largest absolute Gasteiger partial charge is 0.483 e. The van der Waals surface area contributed by atoms with Crippen LogP contribution in [0, 0.1) is 20.8 Å². The molecule has 0 radical (unpaired) electrons. The number of hydrogen-bond donors (Lipinski definition) is 1. The van der Waals surface area contributed by atoms with E-state index in [1.807, 2.05) is 6.92 Å². The minimum atomic E-state index is -3.05. The summed E-state index contributed by atoms with van der Waals surface area (Å²) < 4.78 is 33.9. The van der Waals surface area contributed by atoms with Crippen LogP contribution in [0.1, 0.15) is 23.1 Å². The molecular weight excluding hydrogens is 358 g/mol. The number of carbonyl (C=O) groups excluding carboxylic acids is 1. The Labute approximate surface area is 151 Å². The second kappa shape index (κ2) is 6.75. The van der Waals surface area contributed by atoms with Gasteiger partial charge in [-0.3, -0.25) is 4.79 Å². The van der Waals surface area contributed by atoms with Gasteiger partial charge < -0.3 is 14.5 Å². The second-order valence-corrected chi connectivity index (χ2v) is 8.96. The van der Waals surface area contributed by atoms with Crippen LogP contribution in [0.4, 0.5) is 0 Å². The highest BCUT2D eigenvalue weighted by Crippen LogP contribution is 2.30. The Kier molecular flexibility index (Phi) is 4.79. The Balaban J connectivity index is 1.79. The molecule has 1 aromatic carbocycles. The van der Waals surface area contributed by atoms with E-state index < -0.39 is 15.5 Å². The molecule has 1 aliphatic rings. The molecule has 0 unspecified atom stereocenters. The number of ether oxygens (including phenoxy) is 1. The Morgan fingerprint density at radius 2 is 2.00 bits per heavy atom. The lowest BCUT2D eigenvalue weighted by Crippen LogP contribution is -2.38. The van der Waals surface area contributed by atoms with Crippen molar-refractivity contribution in [1.29, 1.82) is 0 Å². The van der Waals surface area contributed by atoms with Crippen molar-refractivity contribution in [1.82, 2.24) is 5.32 Å². The van der Waals surface area contributed by atoms with Gasteiger partial charge in [0.25, 0.3) is 5.91 Å². The van der Waals surface area contributed by atoms with Gasteiger partial charge >= 0.3 is 5.63 Å². The van der Waals surface area contributed by atoms with Gasteiger partial charge in [0.05, 0.1) is 16.9 Å². The fraction of sp³-hybridized carbons (Fsp3) is 0.444. The minimum Gasteiger partial charge on any atom is -0.483 e. The third-order valence-corrected chi connectivity index (χ3v) is 6.38. The molecule has 2 aromatic rings. The van der Waals surface area contributed by atoms with Crippen molar-refractivity contribution in [3.8, 4) is 5.75 Å². The van der Waals surface area contributed by atoms with Crippen molar-refractivity contribution < 1.29 is 22.4 Å². The molecule has 0 bridgehead atoms. The summed E-state index contributed by atoms with van der Waals surface area (Å²) in [6.07, 6.45) is 0.422. The van der Waals surface area contributed by atoms with Crippen LogP contribution >= 0.6 is 0 Å². The summed E-state index contributed by atoms with van der Waals surface area (Å²) in [5, 5.41) is 3.34. The predicted octanol–water partition coefficient (Wildman–Crippen LogP) is 1.40. The molecular formula is C18H21NO6S. The summed E-state index contributed by atoms with van der Waals surface area (Å²) in [6.45, 7) is 5.08. The topological polar surface area (TPSA) is 103 Å². The van der Waals surface area contributed by atoms with Crippen LogP contribution in [0.25, 0.3) is 11.0 Å². The highest BCUT2D eigenvalue weighted by Gasteiger charge is 2.29. The summed E-state index contributed by atoms with van der Waals surface area (Å²) in [5.41, 5.74) is 2.09. The molecule has 1 amide bonds. The molecule has 0 saturated carbocycles. The van der Waals surface area contributed by atoms with Crippen molar-refractivity contribution in [3.63, 3.8) is 0 Å². The zero-order chi connectivity index (χ0) is 19.1. The van der Waals surface area contributed by atoms with Crippen molar-refractivity contribution in [2.75, 3.05) is 18.1 Å². The van der Waals surface area contributed by atoms with Gasteiger partial charge in [-0.05, 0) is 50.5 Å². The van der Waals surface area contributed by atoms with E-state index in [2.05, 4.69) is 5.32 Å². The molecule has 8 heteroatoms. The number of sulfone groups is 1. The quantitative estimate of drug-likeness (QED) is 0.806. The van der Waals surface area contributed by atoms with Crippen molar-refractivity contribution in [2.24, 2.45) is 0 Å². The number of aryl methyl sites for hydroxylation is 2. The van der Waals surface area contributed by atoms with Gasteiger partial charge in [-0.2, -0.15) is 0 Å². The molecule has 1 aliphatic heterocycles.